The van der Waals surface area contributed by atoms with Gasteiger partial charge in [0.2, 0.25) is 0 Å². The molecule has 0 radical (unpaired) electrons. The number of hydrogen-bond acceptors (Lipinski definition) is 5. The van der Waals surface area contributed by atoms with E-state index in [0.717, 1.165) is 16.7 Å². The molecule has 166 valence electrons. The van der Waals surface area contributed by atoms with Crippen LogP contribution in [0.5, 0.6) is 0 Å². The molecule has 0 saturated carbocycles. The second-order valence-electron chi connectivity index (χ2n) is 7.45. The molecule has 0 amide bonds. The SMILES string of the molecule is O=C[C@H](OCc1ccccc1)[C@H](CC(=O)COCc1ccccc1)OCc1ccccc1. The monoisotopic (exact) mass is 432 g/mol. The van der Waals surface area contributed by atoms with Crippen molar-refractivity contribution >= 4 is 12.1 Å². The van der Waals surface area contributed by atoms with Crippen molar-refractivity contribution in [3.05, 3.63) is 108 Å². The fraction of sp³-hybridized carbons (Fsp3) is 0.259. The smallest absolute Gasteiger partial charge is 0.161 e. The Bertz CT molecular complexity index is 928. The van der Waals surface area contributed by atoms with Gasteiger partial charge in [0.25, 0.3) is 0 Å². The minimum absolute atomic E-state index is 0.0276. The minimum atomic E-state index is -0.864. The number of ether oxygens (including phenoxy) is 3. The lowest BCUT2D eigenvalue weighted by atomic mass is 10.1. The maximum atomic E-state index is 12.6. The summed E-state index contributed by atoms with van der Waals surface area (Å²) in [6, 6.07) is 28.9. The standard InChI is InChI=1S/C27H28O5/c28-17-27(32-20-24-14-8-3-9-15-24)26(31-19-23-12-6-2-7-13-23)16-25(29)21-30-18-22-10-4-1-5-11-22/h1-15,17,26-27H,16,18-21H2/t26-,27-/m0/s1. The van der Waals surface area contributed by atoms with Crippen LogP contribution in [0, 0.1) is 0 Å². The van der Waals surface area contributed by atoms with Crippen molar-refractivity contribution in [2.75, 3.05) is 6.61 Å². The van der Waals surface area contributed by atoms with Gasteiger partial charge in [0.15, 0.2) is 12.1 Å². The predicted molar refractivity (Wildman–Crippen MR) is 122 cm³/mol. The first kappa shape index (κ1) is 23.5. The zero-order valence-corrected chi connectivity index (χ0v) is 18.0. The Kier molecular flexibility index (Phi) is 9.80. The van der Waals surface area contributed by atoms with Crippen molar-refractivity contribution in [2.24, 2.45) is 0 Å². The molecule has 0 spiro atoms. The molecular formula is C27H28O5. The predicted octanol–water partition coefficient (Wildman–Crippen LogP) is 4.53. The van der Waals surface area contributed by atoms with Gasteiger partial charge in [-0.05, 0) is 16.7 Å². The van der Waals surface area contributed by atoms with Gasteiger partial charge in [-0.2, -0.15) is 0 Å². The highest BCUT2D eigenvalue weighted by molar-refractivity contribution is 5.80. The normalized spacial score (nSPS) is 12.8. The highest BCUT2D eigenvalue weighted by atomic mass is 16.5. The second-order valence-corrected chi connectivity index (χ2v) is 7.45. The van der Waals surface area contributed by atoms with Gasteiger partial charge in [0.1, 0.15) is 12.7 Å². The number of hydrogen-bond donors (Lipinski definition) is 0. The molecule has 2 atom stereocenters. The van der Waals surface area contributed by atoms with Gasteiger partial charge in [0.05, 0.1) is 25.9 Å². The maximum Gasteiger partial charge on any atom is 0.161 e. The fourth-order valence-electron chi connectivity index (χ4n) is 3.19. The summed E-state index contributed by atoms with van der Waals surface area (Å²) in [6.07, 6.45) is -0.836. The lowest BCUT2D eigenvalue weighted by Crippen LogP contribution is -2.35. The Labute approximate surface area is 188 Å². The summed E-state index contributed by atoms with van der Waals surface area (Å²) < 4.78 is 17.3. The van der Waals surface area contributed by atoms with Gasteiger partial charge >= 0.3 is 0 Å². The first-order valence-electron chi connectivity index (χ1n) is 10.6. The van der Waals surface area contributed by atoms with E-state index in [9.17, 15) is 9.59 Å². The Balaban J connectivity index is 1.57. The molecule has 0 aliphatic carbocycles. The van der Waals surface area contributed by atoms with Gasteiger partial charge in [-0.15, -0.1) is 0 Å². The van der Waals surface area contributed by atoms with Crippen LogP contribution in [-0.4, -0.2) is 30.9 Å². The second kappa shape index (κ2) is 13.3. The fourth-order valence-corrected chi connectivity index (χ4v) is 3.19. The van der Waals surface area contributed by atoms with E-state index in [1.807, 2.05) is 91.0 Å². The van der Waals surface area contributed by atoms with Crippen LogP contribution in [0.15, 0.2) is 91.0 Å². The molecule has 32 heavy (non-hydrogen) atoms. The van der Waals surface area contributed by atoms with E-state index in [0.29, 0.717) is 12.9 Å². The Morgan fingerprint density at radius 3 is 1.66 bits per heavy atom. The topological polar surface area (TPSA) is 61.8 Å². The van der Waals surface area contributed by atoms with E-state index in [1.165, 1.54) is 0 Å². The molecule has 3 aromatic carbocycles. The van der Waals surface area contributed by atoms with Crippen molar-refractivity contribution in [1.82, 2.24) is 0 Å². The summed E-state index contributed by atoms with van der Waals surface area (Å²) in [5.74, 6) is -0.144. The number of rotatable bonds is 14. The Morgan fingerprint density at radius 1 is 0.688 bits per heavy atom. The summed E-state index contributed by atoms with van der Waals surface area (Å²) in [6.45, 7) is 0.838. The van der Waals surface area contributed by atoms with Crippen molar-refractivity contribution in [2.45, 2.75) is 38.4 Å². The zero-order valence-electron chi connectivity index (χ0n) is 18.0. The van der Waals surface area contributed by atoms with Crippen LogP contribution in [0.2, 0.25) is 0 Å². The Morgan fingerprint density at radius 2 is 1.16 bits per heavy atom. The summed E-state index contributed by atoms with van der Waals surface area (Å²) in [4.78, 5) is 24.4. The zero-order chi connectivity index (χ0) is 22.4. The molecule has 3 aromatic rings. The highest BCUT2D eigenvalue weighted by Gasteiger charge is 2.26. The highest BCUT2D eigenvalue weighted by Crippen LogP contribution is 2.14. The average Bonchev–Trinajstić information content (AvgIpc) is 2.84. The van der Waals surface area contributed by atoms with Crippen LogP contribution >= 0.6 is 0 Å². The molecule has 5 heteroatoms. The van der Waals surface area contributed by atoms with Crippen molar-refractivity contribution < 1.29 is 23.8 Å². The molecule has 3 rings (SSSR count). The van der Waals surface area contributed by atoms with Crippen LogP contribution in [0.1, 0.15) is 23.1 Å². The molecular weight excluding hydrogens is 404 g/mol. The molecule has 0 bridgehead atoms. The molecule has 0 unspecified atom stereocenters. The lowest BCUT2D eigenvalue weighted by Gasteiger charge is -2.23. The number of ketones is 1. The maximum absolute atomic E-state index is 12.6. The van der Waals surface area contributed by atoms with Gasteiger partial charge in [-0.25, -0.2) is 0 Å². The van der Waals surface area contributed by atoms with E-state index in [1.54, 1.807) is 0 Å². The summed E-state index contributed by atoms with van der Waals surface area (Å²) in [5, 5.41) is 0. The Hall–Kier alpha value is -3.12. The molecule has 5 nitrogen and oxygen atoms in total. The van der Waals surface area contributed by atoms with Crippen LogP contribution in [0.25, 0.3) is 0 Å². The first-order valence-corrected chi connectivity index (χ1v) is 10.6. The van der Waals surface area contributed by atoms with E-state index in [-0.39, 0.29) is 32.0 Å². The quantitative estimate of drug-likeness (QED) is 0.350. The van der Waals surface area contributed by atoms with E-state index in [4.69, 9.17) is 14.2 Å². The van der Waals surface area contributed by atoms with E-state index >= 15 is 0 Å². The van der Waals surface area contributed by atoms with Crippen LogP contribution in [-0.2, 0) is 43.6 Å². The number of Topliss-reactive ketones (excluding diaryl/α,β-unsaturated/α-hetero) is 1. The molecule has 0 aliphatic heterocycles. The molecule has 0 saturated heterocycles. The van der Waals surface area contributed by atoms with Crippen molar-refractivity contribution in [3.63, 3.8) is 0 Å². The third kappa shape index (κ3) is 8.19. The third-order valence-corrected chi connectivity index (χ3v) is 4.90. The van der Waals surface area contributed by atoms with Crippen molar-refractivity contribution in [1.29, 1.82) is 0 Å². The minimum Gasteiger partial charge on any atom is -0.370 e. The first-order chi connectivity index (χ1) is 15.7. The van der Waals surface area contributed by atoms with Crippen LogP contribution in [0.4, 0.5) is 0 Å². The van der Waals surface area contributed by atoms with Gasteiger partial charge in [-0.3, -0.25) is 4.79 Å². The van der Waals surface area contributed by atoms with Gasteiger partial charge < -0.3 is 19.0 Å². The number of aldehydes is 1. The molecule has 0 fully saturated rings. The molecule has 0 N–H and O–H groups in total. The van der Waals surface area contributed by atoms with Crippen LogP contribution in [0.3, 0.4) is 0 Å². The summed E-state index contributed by atoms with van der Waals surface area (Å²) >= 11 is 0. The molecule has 0 aliphatic rings. The van der Waals surface area contributed by atoms with E-state index < -0.39 is 12.2 Å². The number of carbonyl (C=O) groups excluding carboxylic acids is 2. The average molecular weight is 433 g/mol. The van der Waals surface area contributed by atoms with Gasteiger partial charge in [0, 0.05) is 6.42 Å². The lowest BCUT2D eigenvalue weighted by molar-refractivity contribution is -0.140. The summed E-state index contributed by atoms with van der Waals surface area (Å²) in [5.41, 5.74) is 2.89. The largest absolute Gasteiger partial charge is 0.370 e. The number of benzene rings is 3. The molecule has 0 aromatic heterocycles. The van der Waals surface area contributed by atoms with Crippen molar-refractivity contribution in [3.8, 4) is 0 Å². The molecule has 0 heterocycles. The number of carbonyl (C=O) groups is 2. The van der Waals surface area contributed by atoms with E-state index in [2.05, 4.69) is 0 Å². The third-order valence-electron chi connectivity index (χ3n) is 4.90. The van der Waals surface area contributed by atoms with Gasteiger partial charge in [-0.1, -0.05) is 91.0 Å². The van der Waals surface area contributed by atoms with Crippen LogP contribution < -0.4 is 0 Å². The summed E-state index contributed by atoms with van der Waals surface area (Å²) in [7, 11) is 0.